The van der Waals surface area contributed by atoms with E-state index in [-0.39, 0.29) is 11.4 Å². The van der Waals surface area contributed by atoms with E-state index in [1.165, 1.54) is 18.3 Å². The topological polar surface area (TPSA) is 125 Å². The van der Waals surface area contributed by atoms with Gasteiger partial charge in [0.05, 0.1) is 34.9 Å². The van der Waals surface area contributed by atoms with Gasteiger partial charge in [0.15, 0.2) is 11.5 Å². The molecule has 1 aromatic heterocycles. The number of halogens is 1. The van der Waals surface area contributed by atoms with E-state index in [0.717, 1.165) is 6.20 Å². The molecule has 2 aromatic carbocycles. The number of aromatic nitrogens is 1. The largest absolute Gasteiger partial charge is 0.497 e. The van der Waals surface area contributed by atoms with Crippen molar-refractivity contribution >= 4 is 39.6 Å². The van der Waals surface area contributed by atoms with E-state index in [9.17, 15) is 14.9 Å². The van der Waals surface area contributed by atoms with Crippen LogP contribution in [0.4, 0.5) is 11.5 Å². The van der Waals surface area contributed by atoms with E-state index in [4.69, 9.17) is 14.2 Å². The molecule has 0 radical (unpaired) electrons. The predicted molar refractivity (Wildman–Crippen MR) is 125 cm³/mol. The monoisotopic (exact) mass is 514 g/mol. The van der Waals surface area contributed by atoms with Gasteiger partial charge in [0.25, 0.3) is 5.69 Å². The quantitative estimate of drug-likeness (QED) is 0.141. The Hall–Kier alpha value is -3.99. The molecule has 10 nitrogen and oxygen atoms in total. The predicted octanol–water partition coefficient (Wildman–Crippen LogP) is 4.82. The molecule has 0 amide bonds. The number of nitrogens with one attached hydrogen (secondary N) is 1. The minimum absolute atomic E-state index is 0.116. The van der Waals surface area contributed by atoms with Gasteiger partial charge in [-0.1, -0.05) is 0 Å². The molecular weight excluding hydrogens is 496 g/mol. The highest BCUT2D eigenvalue weighted by Crippen LogP contribution is 2.37. The fourth-order valence-corrected chi connectivity index (χ4v) is 3.18. The Kier molecular flexibility index (Phi) is 7.92. The fourth-order valence-electron chi connectivity index (χ4n) is 2.64. The summed E-state index contributed by atoms with van der Waals surface area (Å²) in [6.45, 7) is 2.16. The van der Waals surface area contributed by atoms with E-state index in [0.29, 0.717) is 39.5 Å². The van der Waals surface area contributed by atoms with E-state index < -0.39 is 10.9 Å². The molecule has 0 unspecified atom stereocenters. The second-order valence-electron chi connectivity index (χ2n) is 6.41. The van der Waals surface area contributed by atoms with Crippen LogP contribution in [-0.4, -0.2) is 35.8 Å². The smallest absolute Gasteiger partial charge is 0.343 e. The summed E-state index contributed by atoms with van der Waals surface area (Å²) >= 11 is 3.41. The van der Waals surface area contributed by atoms with Crippen LogP contribution in [0.15, 0.2) is 64.3 Å². The van der Waals surface area contributed by atoms with E-state index in [2.05, 4.69) is 31.4 Å². The van der Waals surface area contributed by atoms with Crippen molar-refractivity contribution in [2.45, 2.75) is 6.92 Å². The molecule has 170 valence electrons. The van der Waals surface area contributed by atoms with Gasteiger partial charge in [0.1, 0.15) is 17.8 Å². The lowest BCUT2D eigenvalue weighted by molar-refractivity contribution is -0.385. The Morgan fingerprint density at radius 3 is 2.61 bits per heavy atom. The van der Waals surface area contributed by atoms with E-state index in [1.54, 1.807) is 43.5 Å². The number of nitro groups is 1. The first kappa shape index (κ1) is 23.7. The number of carbonyl (C=O) groups is 1. The molecule has 0 aliphatic heterocycles. The summed E-state index contributed by atoms with van der Waals surface area (Å²) in [5.74, 6) is 1.00. The van der Waals surface area contributed by atoms with Gasteiger partial charge < -0.3 is 14.2 Å². The standard InChI is InChI=1S/C22H19BrN4O6/c1-3-32-19-11-14(12-25-26-20-9-6-16(13-24-20)27(29)30)10-18(23)21(19)33-22(28)15-4-7-17(31-2)8-5-15/h4-13H,3H2,1-2H3,(H,24,26)/b25-12-. The highest BCUT2D eigenvalue weighted by molar-refractivity contribution is 9.10. The zero-order valence-electron chi connectivity index (χ0n) is 17.6. The summed E-state index contributed by atoms with van der Waals surface area (Å²) in [5.41, 5.74) is 3.58. The zero-order chi connectivity index (χ0) is 23.8. The average molecular weight is 515 g/mol. The van der Waals surface area contributed by atoms with E-state index in [1.807, 2.05) is 6.92 Å². The summed E-state index contributed by atoms with van der Waals surface area (Å²) in [6.07, 6.45) is 2.64. The highest BCUT2D eigenvalue weighted by Gasteiger charge is 2.17. The highest BCUT2D eigenvalue weighted by atomic mass is 79.9. The van der Waals surface area contributed by atoms with Gasteiger partial charge in [-0.15, -0.1) is 0 Å². The molecule has 1 heterocycles. The Bertz CT molecular complexity index is 1170. The molecule has 33 heavy (non-hydrogen) atoms. The van der Waals surface area contributed by atoms with Crippen LogP contribution < -0.4 is 19.6 Å². The summed E-state index contributed by atoms with van der Waals surface area (Å²) in [6, 6.07) is 12.7. The first-order valence-corrected chi connectivity index (χ1v) is 10.4. The Labute approximate surface area is 197 Å². The van der Waals surface area contributed by atoms with Crippen molar-refractivity contribution in [3.63, 3.8) is 0 Å². The average Bonchev–Trinajstić information content (AvgIpc) is 2.81. The summed E-state index contributed by atoms with van der Waals surface area (Å²) in [5, 5.41) is 14.8. The molecular formula is C22H19BrN4O6. The van der Waals surface area contributed by atoms with Crippen molar-refractivity contribution in [2.75, 3.05) is 19.1 Å². The fraction of sp³-hybridized carbons (Fsp3) is 0.136. The Balaban J connectivity index is 1.76. The SMILES string of the molecule is CCOc1cc(/C=N\Nc2ccc([N+](=O)[O-])cn2)cc(Br)c1OC(=O)c1ccc(OC)cc1. The molecule has 0 saturated carbocycles. The number of hydrazone groups is 1. The van der Waals surface area contributed by atoms with Crippen molar-refractivity contribution in [2.24, 2.45) is 5.10 Å². The molecule has 0 spiro atoms. The van der Waals surface area contributed by atoms with Gasteiger partial charge in [-0.2, -0.15) is 5.10 Å². The maximum Gasteiger partial charge on any atom is 0.343 e. The third-order valence-corrected chi connectivity index (χ3v) is 4.79. The van der Waals surface area contributed by atoms with Gasteiger partial charge >= 0.3 is 5.97 Å². The number of pyridine rings is 1. The first-order valence-electron chi connectivity index (χ1n) is 9.63. The van der Waals surface area contributed by atoms with Gasteiger partial charge in [0, 0.05) is 6.07 Å². The Morgan fingerprint density at radius 1 is 1.24 bits per heavy atom. The van der Waals surface area contributed by atoms with Crippen molar-refractivity contribution in [3.05, 3.63) is 80.4 Å². The van der Waals surface area contributed by atoms with Crippen molar-refractivity contribution in [1.29, 1.82) is 0 Å². The van der Waals surface area contributed by atoms with Crippen LogP contribution in [0.3, 0.4) is 0 Å². The van der Waals surface area contributed by atoms with E-state index >= 15 is 0 Å². The second-order valence-corrected chi connectivity index (χ2v) is 7.26. The summed E-state index contributed by atoms with van der Waals surface area (Å²) in [7, 11) is 1.54. The van der Waals surface area contributed by atoms with Crippen LogP contribution in [0.25, 0.3) is 0 Å². The maximum atomic E-state index is 12.6. The lowest BCUT2D eigenvalue weighted by Gasteiger charge is -2.13. The molecule has 1 N–H and O–H groups in total. The lowest BCUT2D eigenvalue weighted by Crippen LogP contribution is -2.10. The molecule has 0 saturated heterocycles. The van der Waals surface area contributed by atoms with Crippen molar-refractivity contribution in [1.82, 2.24) is 4.98 Å². The van der Waals surface area contributed by atoms with Crippen LogP contribution in [-0.2, 0) is 0 Å². The number of anilines is 1. The second kappa shape index (κ2) is 11.0. The van der Waals surface area contributed by atoms with Crippen LogP contribution in [0, 0.1) is 10.1 Å². The molecule has 0 bridgehead atoms. The molecule has 0 fully saturated rings. The third kappa shape index (κ3) is 6.26. The number of esters is 1. The van der Waals surface area contributed by atoms with Crippen LogP contribution in [0.5, 0.6) is 17.2 Å². The van der Waals surface area contributed by atoms with Gasteiger partial charge in [0.2, 0.25) is 0 Å². The van der Waals surface area contributed by atoms with Crippen molar-refractivity contribution in [3.8, 4) is 17.2 Å². The molecule has 0 aliphatic rings. The van der Waals surface area contributed by atoms with Crippen LogP contribution in [0.1, 0.15) is 22.8 Å². The number of carbonyl (C=O) groups excluding carboxylic acids is 1. The lowest BCUT2D eigenvalue weighted by atomic mass is 10.2. The normalized spacial score (nSPS) is 10.6. The minimum Gasteiger partial charge on any atom is -0.497 e. The van der Waals surface area contributed by atoms with Gasteiger partial charge in [-0.3, -0.25) is 15.5 Å². The van der Waals surface area contributed by atoms with Crippen LogP contribution in [0.2, 0.25) is 0 Å². The molecule has 0 atom stereocenters. The number of hydrogen-bond donors (Lipinski definition) is 1. The summed E-state index contributed by atoms with van der Waals surface area (Å²) in [4.78, 5) is 26.7. The number of nitrogens with zero attached hydrogens (tertiary/aromatic N) is 3. The van der Waals surface area contributed by atoms with Gasteiger partial charge in [-0.25, -0.2) is 9.78 Å². The van der Waals surface area contributed by atoms with Crippen molar-refractivity contribution < 1.29 is 23.9 Å². The number of rotatable bonds is 9. The van der Waals surface area contributed by atoms with Gasteiger partial charge in [-0.05, 0) is 70.9 Å². The molecule has 11 heteroatoms. The Morgan fingerprint density at radius 2 is 2.00 bits per heavy atom. The molecule has 0 aliphatic carbocycles. The molecule has 3 rings (SSSR count). The number of methoxy groups -OCH3 is 1. The molecule has 3 aromatic rings. The summed E-state index contributed by atoms with van der Waals surface area (Å²) < 4.78 is 16.8. The zero-order valence-corrected chi connectivity index (χ0v) is 19.2. The minimum atomic E-state index is -0.549. The number of hydrogen-bond acceptors (Lipinski definition) is 9. The number of benzene rings is 2. The number of ether oxygens (including phenoxy) is 3. The third-order valence-electron chi connectivity index (χ3n) is 4.20. The maximum absolute atomic E-state index is 12.6. The van der Waals surface area contributed by atoms with Crippen LogP contribution >= 0.6 is 15.9 Å². The first-order chi connectivity index (χ1) is 15.9.